The zero-order valence-electron chi connectivity index (χ0n) is 31.3. The molecule has 4 rings (SSSR count). The number of nitrogen functional groups attached to an aromatic ring is 1. The van der Waals surface area contributed by atoms with Crippen LogP contribution in [0, 0.1) is 24.7 Å². The number of ether oxygens (including phenoxy) is 2. The molecule has 2 aliphatic heterocycles. The second-order valence-electron chi connectivity index (χ2n) is 15.7. The zero-order chi connectivity index (χ0) is 37.3. The minimum atomic E-state index is -4.72. The zero-order valence-corrected chi connectivity index (χ0v) is 32.2. The van der Waals surface area contributed by atoms with Gasteiger partial charge in [0.2, 0.25) is 5.95 Å². The van der Waals surface area contributed by atoms with Crippen molar-refractivity contribution in [2.45, 2.75) is 155 Å². The van der Waals surface area contributed by atoms with E-state index in [1.165, 1.54) is 44.9 Å². The van der Waals surface area contributed by atoms with Gasteiger partial charge in [-0.1, -0.05) is 72.6 Å². The average Bonchev–Trinajstić information content (AvgIpc) is 3.02. The number of phosphoric ester groups is 1. The Labute approximate surface area is 302 Å². The summed E-state index contributed by atoms with van der Waals surface area (Å²) >= 11 is 0. The number of aliphatic hydroxyl groups is 2. The number of aliphatic hydroxyl groups excluding tert-OH is 2. The highest BCUT2D eigenvalue weighted by molar-refractivity contribution is 7.47. The van der Waals surface area contributed by atoms with Gasteiger partial charge in [0.15, 0.2) is 0 Å². The van der Waals surface area contributed by atoms with Crippen LogP contribution < -0.4 is 20.7 Å². The van der Waals surface area contributed by atoms with Crippen molar-refractivity contribution >= 4 is 13.8 Å². The first-order valence-corrected chi connectivity index (χ1v) is 20.2. The number of benzene rings is 1. The molecule has 1 saturated heterocycles. The normalized spacial score (nSPS) is 26.3. The summed E-state index contributed by atoms with van der Waals surface area (Å²) in [5.74, 6) is 3.00. The molecule has 0 bridgehead atoms. The smallest absolute Gasteiger partial charge is 0.487 e. The summed E-state index contributed by atoms with van der Waals surface area (Å²) in [6, 6.07) is 3.36. The van der Waals surface area contributed by atoms with Crippen LogP contribution in [0.3, 0.4) is 0 Å². The van der Waals surface area contributed by atoms with Crippen molar-refractivity contribution in [3.63, 3.8) is 0 Å². The van der Waals surface area contributed by atoms with Crippen molar-refractivity contribution in [3.8, 4) is 11.5 Å². The molecule has 14 heteroatoms. The second-order valence-corrected chi connectivity index (χ2v) is 17.1. The lowest BCUT2D eigenvalue weighted by Gasteiger charge is -2.37. The fraction of sp³-hybridized carbons (Fsp3) is 0.757. The monoisotopic (exact) mass is 736 g/mol. The van der Waals surface area contributed by atoms with Crippen LogP contribution in [0.1, 0.15) is 129 Å². The number of aromatic nitrogens is 3. The Kier molecular flexibility index (Phi) is 14.9. The fourth-order valence-electron chi connectivity index (χ4n) is 7.18. The Morgan fingerprint density at radius 2 is 1.69 bits per heavy atom. The molecule has 0 amide bonds. The average molecular weight is 737 g/mol. The quantitative estimate of drug-likeness (QED) is 0.127. The van der Waals surface area contributed by atoms with Crippen LogP contribution in [0.2, 0.25) is 0 Å². The summed E-state index contributed by atoms with van der Waals surface area (Å²) in [5.41, 5.74) is 6.10. The summed E-state index contributed by atoms with van der Waals surface area (Å²) in [6.45, 7) is 13.1. The number of rotatable bonds is 17. The van der Waals surface area contributed by atoms with Gasteiger partial charge in [0.25, 0.3) is 0 Å². The van der Waals surface area contributed by atoms with Gasteiger partial charge in [-0.05, 0) is 80.5 Å². The number of hydrogen-bond donors (Lipinski definition) is 4. The van der Waals surface area contributed by atoms with E-state index in [2.05, 4.69) is 44.6 Å². The third kappa shape index (κ3) is 12.8. The summed E-state index contributed by atoms with van der Waals surface area (Å²) in [7, 11) is -4.72. The highest BCUT2D eigenvalue weighted by atomic mass is 31.2. The molecular weight excluding hydrogens is 675 g/mol. The van der Waals surface area contributed by atoms with Crippen molar-refractivity contribution in [3.05, 3.63) is 40.1 Å². The third-order valence-corrected chi connectivity index (χ3v) is 11.3. The van der Waals surface area contributed by atoms with Crippen LogP contribution in [-0.2, 0) is 20.2 Å². The van der Waals surface area contributed by atoms with Crippen LogP contribution in [0.4, 0.5) is 5.95 Å². The molecule has 1 aromatic carbocycles. The standard InChI is InChI=1S/C37H61N4O9P/c1-24(2)10-7-11-25(3)12-8-13-26(4)14-9-16-37(6)17-15-28-19-29(18-27(5)34(28)48-37)49-51(45,46)50-30-20-31(42)32(43)21-33(47-22-30)41-23-39-35(38)40-36(41)44/h18-19,23-26,30-33,42-43H,7-17,20-22H2,1-6H3,(H,45,46)(H2,38,40,44)/t25?,26?,30?,31-,32-,33-,37?/m1/s1. The molecule has 1 aromatic heterocycles. The first kappa shape index (κ1) is 41.2. The first-order valence-electron chi connectivity index (χ1n) is 18.7. The van der Waals surface area contributed by atoms with Gasteiger partial charge in [-0.3, -0.25) is 14.0 Å². The molecule has 0 aliphatic carbocycles. The number of phosphoric acid groups is 1. The van der Waals surface area contributed by atoms with Crippen molar-refractivity contribution in [2.24, 2.45) is 17.8 Å². The highest BCUT2D eigenvalue weighted by Gasteiger charge is 2.37. The predicted octanol–water partition coefficient (Wildman–Crippen LogP) is 6.65. The predicted molar refractivity (Wildman–Crippen MR) is 196 cm³/mol. The van der Waals surface area contributed by atoms with Gasteiger partial charge >= 0.3 is 13.5 Å². The summed E-state index contributed by atoms with van der Waals surface area (Å²) in [4.78, 5) is 30.4. The van der Waals surface area contributed by atoms with Gasteiger partial charge in [-0.2, -0.15) is 4.98 Å². The number of fused-ring (bicyclic) bond motifs is 1. The maximum absolute atomic E-state index is 13.2. The molecule has 2 aromatic rings. The van der Waals surface area contributed by atoms with E-state index in [1.54, 1.807) is 12.1 Å². The van der Waals surface area contributed by atoms with Crippen molar-refractivity contribution < 1.29 is 38.2 Å². The minimum Gasteiger partial charge on any atom is -0.487 e. The van der Waals surface area contributed by atoms with E-state index in [0.29, 0.717) is 5.92 Å². The van der Waals surface area contributed by atoms with Gasteiger partial charge in [0.1, 0.15) is 29.7 Å². The maximum Gasteiger partial charge on any atom is 0.527 e. The molecule has 2 aliphatic rings. The van der Waals surface area contributed by atoms with Gasteiger partial charge in [-0.25, -0.2) is 14.3 Å². The number of nitrogens with two attached hydrogens (primary N) is 1. The molecule has 5 unspecified atom stereocenters. The molecule has 1 fully saturated rings. The van der Waals surface area contributed by atoms with Gasteiger partial charge in [-0.15, -0.1) is 0 Å². The number of aryl methyl sites for hydroxylation is 2. The first-order chi connectivity index (χ1) is 24.0. The molecule has 288 valence electrons. The Morgan fingerprint density at radius 1 is 1.04 bits per heavy atom. The molecule has 13 nitrogen and oxygen atoms in total. The van der Waals surface area contributed by atoms with Gasteiger partial charge < -0.3 is 29.9 Å². The SMILES string of the molecule is Cc1cc(OP(=O)(O)OC2CO[C@@H](n3cnc(N)nc3=O)C[C@@H](O)[C@H](O)C2)cc2c1OC(C)(CCCC(C)CCCC(C)CCCC(C)C)CC2. The van der Waals surface area contributed by atoms with Gasteiger partial charge in [0.05, 0.1) is 24.9 Å². The largest absolute Gasteiger partial charge is 0.527 e. The molecule has 51 heavy (non-hydrogen) atoms. The summed E-state index contributed by atoms with van der Waals surface area (Å²) in [5, 5.41) is 21.1. The Balaban J connectivity index is 1.28. The van der Waals surface area contributed by atoms with E-state index in [1.807, 2.05) is 6.92 Å². The van der Waals surface area contributed by atoms with Crippen LogP contribution >= 0.6 is 7.82 Å². The summed E-state index contributed by atoms with van der Waals surface area (Å²) < 4.78 is 37.5. The molecule has 3 heterocycles. The highest BCUT2D eigenvalue weighted by Crippen LogP contribution is 2.48. The maximum atomic E-state index is 13.2. The van der Waals surface area contributed by atoms with Crippen molar-refractivity contribution in [1.29, 1.82) is 0 Å². The van der Waals surface area contributed by atoms with Crippen LogP contribution in [0.5, 0.6) is 11.5 Å². The Morgan fingerprint density at radius 3 is 2.35 bits per heavy atom. The summed E-state index contributed by atoms with van der Waals surface area (Å²) in [6.07, 6.45) is 8.57. The topological polar surface area (TPSA) is 188 Å². The van der Waals surface area contributed by atoms with Gasteiger partial charge in [0, 0.05) is 12.8 Å². The van der Waals surface area contributed by atoms with E-state index in [-0.39, 0.29) is 36.7 Å². The van der Waals surface area contributed by atoms with E-state index < -0.39 is 38.1 Å². The van der Waals surface area contributed by atoms with Crippen molar-refractivity contribution in [1.82, 2.24) is 14.5 Å². The molecule has 0 spiro atoms. The lowest BCUT2D eigenvalue weighted by atomic mass is 9.85. The second kappa shape index (κ2) is 18.5. The van der Waals surface area contributed by atoms with Crippen molar-refractivity contribution in [2.75, 3.05) is 12.3 Å². The third-order valence-electron chi connectivity index (χ3n) is 10.3. The molecule has 0 saturated carbocycles. The van der Waals surface area contributed by atoms with E-state index >= 15 is 0 Å². The number of nitrogens with zero attached hydrogens (tertiary/aromatic N) is 3. The van der Waals surface area contributed by atoms with Crippen LogP contribution in [0.25, 0.3) is 0 Å². The van der Waals surface area contributed by atoms with E-state index in [4.69, 9.17) is 24.3 Å². The Bertz CT molecular complexity index is 1520. The Hall–Kier alpha value is -2.54. The molecular formula is C37H61N4O9P. The fourth-order valence-corrected chi connectivity index (χ4v) is 8.12. The minimum absolute atomic E-state index is 0.152. The molecule has 8 atom stereocenters. The van der Waals surface area contributed by atoms with Crippen LogP contribution in [0.15, 0.2) is 23.3 Å². The number of anilines is 1. The van der Waals surface area contributed by atoms with Crippen LogP contribution in [-0.4, -0.2) is 60.2 Å². The molecule has 5 N–H and O–H groups in total. The molecule has 0 radical (unpaired) electrons. The lowest BCUT2D eigenvalue weighted by Crippen LogP contribution is -2.41. The van der Waals surface area contributed by atoms with E-state index in [9.17, 15) is 24.5 Å². The lowest BCUT2D eigenvalue weighted by molar-refractivity contribution is -0.119. The van der Waals surface area contributed by atoms with E-state index in [0.717, 1.165) is 65.3 Å². The number of hydrogen-bond acceptors (Lipinski definition) is 11.